The molecule has 0 bridgehead atoms. The Morgan fingerprint density at radius 3 is 2.37 bits per heavy atom. The molecule has 2 aromatic rings. The number of hydrogen-bond acceptors (Lipinski definition) is 2. The van der Waals surface area contributed by atoms with Crippen molar-refractivity contribution >= 4 is 28.5 Å². The van der Waals surface area contributed by atoms with Crippen LogP contribution in [0.4, 0.5) is 0 Å². The van der Waals surface area contributed by atoms with E-state index in [1.54, 1.807) is 24.3 Å². The summed E-state index contributed by atoms with van der Waals surface area (Å²) in [4.78, 5) is 13.4. The summed E-state index contributed by atoms with van der Waals surface area (Å²) in [6.45, 7) is 0.295. The minimum Gasteiger partial charge on any atom is -0.268 e. The average molecular weight is 362 g/mol. The van der Waals surface area contributed by atoms with Crippen LogP contribution in [0, 0.1) is 15.0 Å². The molecule has 0 atom stereocenters. The minimum atomic E-state index is -0.275. The smallest absolute Gasteiger partial charge is 0.267 e. The molecule has 0 aliphatic rings. The van der Waals surface area contributed by atoms with Crippen molar-refractivity contribution in [3.05, 3.63) is 69.3 Å². The standard InChI is InChI=1S/C15H11IN2O/c16-14-9-5-4-8-13(14)10-18(11-17)15(19)12-6-2-1-3-7-12/h1-9H,10H2. The molecule has 0 spiro atoms. The lowest BCUT2D eigenvalue weighted by Crippen LogP contribution is -2.26. The summed E-state index contributed by atoms with van der Waals surface area (Å²) in [6, 6.07) is 16.5. The maximum atomic E-state index is 12.2. The summed E-state index contributed by atoms with van der Waals surface area (Å²) in [5.74, 6) is -0.275. The van der Waals surface area contributed by atoms with Gasteiger partial charge in [0.1, 0.15) is 0 Å². The molecule has 94 valence electrons. The lowest BCUT2D eigenvalue weighted by atomic mass is 10.1. The largest absolute Gasteiger partial charge is 0.268 e. The molecule has 0 aromatic heterocycles. The number of nitriles is 1. The average Bonchev–Trinajstić information content (AvgIpc) is 2.47. The molecule has 0 radical (unpaired) electrons. The first-order valence-corrected chi connectivity index (χ1v) is 6.80. The fourth-order valence-corrected chi connectivity index (χ4v) is 2.24. The molecule has 0 saturated carbocycles. The van der Waals surface area contributed by atoms with E-state index in [-0.39, 0.29) is 5.91 Å². The van der Waals surface area contributed by atoms with Gasteiger partial charge in [0, 0.05) is 9.13 Å². The zero-order valence-corrected chi connectivity index (χ0v) is 12.2. The minimum absolute atomic E-state index is 0.275. The molecule has 0 saturated heterocycles. The van der Waals surface area contributed by atoms with E-state index in [1.165, 1.54) is 4.90 Å². The molecule has 0 unspecified atom stereocenters. The molecule has 4 heteroatoms. The van der Waals surface area contributed by atoms with Crippen LogP contribution in [0.3, 0.4) is 0 Å². The van der Waals surface area contributed by atoms with Crippen LogP contribution in [-0.2, 0) is 6.54 Å². The first kappa shape index (κ1) is 13.6. The number of benzene rings is 2. The summed E-state index contributed by atoms with van der Waals surface area (Å²) in [7, 11) is 0. The Morgan fingerprint density at radius 1 is 1.11 bits per heavy atom. The molecule has 0 heterocycles. The molecule has 19 heavy (non-hydrogen) atoms. The highest BCUT2D eigenvalue weighted by atomic mass is 127. The summed E-state index contributed by atoms with van der Waals surface area (Å²) in [5, 5.41) is 9.16. The van der Waals surface area contributed by atoms with E-state index < -0.39 is 0 Å². The third-order valence-electron chi connectivity index (χ3n) is 2.67. The fraction of sp³-hybridized carbons (Fsp3) is 0.0667. The lowest BCUT2D eigenvalue weighted by molar-refractivity contribution is 0.0824. The van der Waals surface area contributed by atoms with E-state index in [0.717, 1.165) is 9.13 Å². The van der Waals surface area contributed by atoms with Gasteiger partial charge in [0.05, 0.1) is 6.54 Å². The number of halogens is 1. The highest BCUT2D eigenvalue weighted by molar-refractivity contribution is 14.1. The third-order valence-corrected chi connectivity index (χ3v) is 3.73. The van der Waals surface area contributed by atoms with Crippen LogP contribution in [0.2, 0.25) is 0 Å². The molecular formula is C15H11IN2O. The first-order valence-electron chi connectivity index (χ1n) is 5.72. The molecule has 0 fully saturated rings. The Kier molecular flexibility index (Phi) is 4.53. The van der Waals surface area contributed by atoms with Crippen LogP contribution in [-0.4, -0.2) is 10.8 Å². The van der Waals surface area contributed by atoms with Gasteiger partial charge in [0.25, 0.3) is 5.91 Å². The van der Waals surface area contributed by atoms with Gasteiger partial charge in [-0.2, -0.15) is 5.26 Å². The third kappa shape index (κ3) is 3.32. The van der Waals surface area contributed by atoms with Crippen LogP contribution in [0.15, 0.2) is 54.6 Å². The van der Waals surface area contributed by atoms with Crippen molar-refractivity contribution in [2.75, 3.05) is 0 Å². The fourth-order valence-electron chi connectivity index (χ4n) is 1.69. The summed E-state index contributed by atoms with van der Waals surface area (Å²) in [5.41, 5.74) is 1.49. The predicted octanol–water partition coefficient (Wildman–Crippen LogP) is 3.41. The second kappa shape index (κ2) is 6.34. The van der Waals surface area contributed by atoms with Crippen molar-refractivity contribution in [1.82, 2.24) is 4.90 Å². The van der Waals surface area contributed by atoms with E-state index in [4.69, 9.17) is 5.26 Å². The molecule has 1 amide bonds. The molecule has 2 aromatic carbocycles. The Hall–Kier alpha value is -1.87. The van der Waals surface area contributed by atoms with Crippen LogP contribution in [0.1, 0.15) is 15.9 Å². The molecule has 0 N–H and O–H groups in total. The molecule has 0 aliphatic carbocycles. The van der Waals surface area contributed by atoms with E-state index >= 15 is 0 Å². The van der Waals surface area contributed by atoms with Gasteiger partial charge in [0.15, 0.2) is 6.19 Å². The Labute approximate surface area is 125 Å². The van der Waals surface area contributed by atoms with E-state index in [1.807, 2.05) is 36.5 Å². The van der Waals surface area contributed by atoms with Gasteiger partial charge in [-0.05, 0) is 46.4 Å². The Morgan fingerprint density at radius 2 is 1.74 bits per heavy atom. The van der Waals surface area contributed by atoms with Crippen LogP contribution in [0.5, 0.6) is 0 Å². The van der Waals surface area contributed by atoms with E-state index in [0.29, 0.717) is 12.1 Å². The van der Waals surface area contributed by atoms with Crippen molar-refractivity contribution < 1.29 is 4.79 Å². The SMILES string of the molecule is N#CN(Cc1ccccc1I)C(=O)c1ccccc1. The van der Waals surface area contributed by atoms with Gasteiger partial charge in [-0.1, -0.05) is 36.4 Å². The molecule has 3 nitrogen and oxygen atoms in total. The highest BCUT2D eigenvalue weighted by Crippen LogP contribution is 2.15. The van der Waals surface area contributed by atoms with Crippen LogP contribution in [0.25, 0.3) is 0 Å². The quantitative estimate of drug-likeness (QED) is 0.477. The number of rotatable bonds is 3. The highest BCUT2D eigenvalue weighted by Gasteiger charge is 2.16. The molecule has 0 aliphatic heterocycles. The normalized spacial score (nSPS) is 9.68. The number of carbonyl (C=O) groups is 1. The molecular weight excluding hydrogens is 351 g/mol. The topological polar surface area (TPSA) is 44.1 Å². The van der Waals surface area contributed by atoms with Gasteiger partial charge in [0.2, 0.25) is 0 Å². The lowest BCUT2D eigenvalue weighted by Gasteiger charge is -2.14. The maximum absolute atomic E-state index is 12.2. The van der Waals surface area contributed by atoms with Gasteiger partial charge in [-0.15, -0.1) is 0 Å². The zero-order valence-electron chi connectivity index (χ0n) is 10.1. The van der Waals surface area contributed by atoms with Gasteiger partial charge < -0.3 is 0 Å². The zero-order chi connectivity index (χ0) is 13.7. The summed E-state index contributed by atoms with van der Waals surface area (Å²) < 4.78 is 1.04. The Balaban J connectivity index is 2.21. The maximum Gasteiger partial charge on any atom is 0.267 e. The van der Waals surface area contributed by atoms with Gasteiger partial charge >= 0.3 is 0 Å². The van der Waals surface area contributed by atoms with Crippen molar-refractivity contribution in [2.45, 2.75) is 6.54 Å². The Bertz CT molecular complexity index is 620. The monoisotopic (exact) mass is 362 g/mol. The van der Waals surface area contributed by atoms with Crippen molar-refractivity contribution in [3.63, 3.8) is 0 Å². The number of amides is 1. The van der Waals surface area contributed by atoms with Crippen molar-refractivity contribution in [3.8, 4) is 6.19 Å². The number of nitrogens with zero attached hydrogens (tertiary/aromatic N) is 2. The predicted molar refractivity (Wildman–Crippen MR) is 81.1 cm³/mol. The van der Waals surface area contributed by atoms with E-state index in [9.17, 15) is 4.79 Å². The molecule has 2 rings (SSSR count). The summed E-state index contributed by atoms with van der Waals surface area (Å²) in [6.07, 6.45) is 1.96. The van der Waals surface area contributed by atoms with Crippen molar-refractivity contribution in [2.24, 2.45) is 0 Å². The second-order valence-electron chi connectivity index (χ2n) is 3.95. The second-order valence-corrected chi connectivity index (χ2v) is 5.11. The number of carbonyl (C=O) groups excluding carboxylic acids is 1. The van der Waals surface area contributed by atoms with Crippen molar-refractivity contribution in [1.29, 1.82) is 5.26 Å². The van der Waals surface area contributed by atoms with Crippen LogP contribution >= 0.6 is 22.6 Å². The van der Waals surface area contributed by atoms with Crippen LogP contribution < -0.4 is 0 Å². The van der Waals surface area contributed by atoms with E-state index in [2.05, 4.69) is 22.6 Å². The summed E-state index contributed by atoms with van der Waals surface area (Å²) >= 11 is 2.20. The van der Waals surface area contributed by atoms with Gasteiger partial charge in [-0.3, -0.25) is 4.79 Å². The van der Waals surface area contributed by atoms with Gasteiger partial charge in [-0.25, -0.2) is 4.90 Å². The first-order chi connectivity index (χ1) is 9.22. The number of hydrogen-bond donors (Lipinski definition) is 0.